The van der Waals surface area contributed by atoms with Gasteiger partial charge in [0, 0.05) is 12.4 Å². The molecule has 5 heteroatoms. The fourth-order valence-corrected chi connectivity index (χ4v) is 4.50. The Balaban J connectivity index is 2.09. The minimum Gasteiger partial charge on any atom is -0.379 e. The van der Waals surface area contributed by atoms with Crippen LogP contribution < -0.4 is 5.19 Å². The van der Waals surface area contributed by atoms with Crippen LogP contribution in [0.25, 0.3) is 0 Å². The van der Waals surface area contributed by atoms with Gasteiger partial charge in [-0.15, -0.1) is 0 Å². The van der Waals surface area contributed by atoms with Crippen molar-refractivity contribution in [1.29, 1.82) is 0 Å². The van der Waals surface area contributed by atoms with Crippen LogP contribution in [0.15, 0.2) is 43.0 Å². The molecule has 2 aromatic rings. The first-order valence-corrected chi connectivity index (χ1v) is 8.77. The van der Waals surface area contributed by atoms with E-state index in [-0.39, 0.29) is 5.60 Å². The summed E-state index contributed by atoms with van der Waals surface area (Å²) in [6.07, 6.45) is 5.09. The lowest BCUT2D eigenvalue weighted by atomic mass is 10.2. The molecule has 19 heavy (non-hydrogen) atoms. The maximum atomic E-state index is 5.99. The molecule has 1 unspecified atom stereocenters. The van der Waals surface area contributed by atoms with E-state index >= 15 is 0 Å². The van der Waals surface area contributed by atoms with Gasteiger partial charge in [0.05, 0.1) is 5.60 Å². The fourth-order valence-electron chi connectivity index (χ4n) is 1.88. The molecule has 1 aromatic heterocycles. The quantitative estimate of drug-likeness (QED) is 0.772. The van der Waals surface area contributed by atoms with Crippen molar-refractivity contribution >= 4 is 14.0 Å². The second-order valence-corrected chi connectivity index (χ2v) is 8.41. The summed E-state index contributed by atoms with van der Waals surface area (Å²) in [5, 5.41) is 5.62. The molecule has 0 aliphatic rings. The molecule has 1 aromatic carbocycles. The van der Waals surface area contributed by atoms with Crippen molar-refractivity contribution in [3.8, 4) is 0 Å². The molecule has 0 saturated heterocycles. The van der Waals surface area contributed by atoms with Crippen LogP contribution >= 0.6 is 0 Å². The topological polar surface area (TPSA) is 39.9 Å². The Kier molecular flexibility index (Phi) is 4.50. The smallest absolute Gasteiger partial charge is 0.137 e. The van der Waals surface area contributed by atoms with Crippen LogP contribution in [0.1, 0.15) is 20.8 Å². The molecule has 0 bridgehead atoms. The predicted molar refractivity (Wildman–Crippen MR) is 79.0 cm³/mol. The number of benzene rings is 1. The molecule has 1 atom stereocenters. The zero-order valence-electron chi connectivity index (χ0n) is 11.8. The van der Waals surface area contributed by atoms with Crippen LogP contribution in [-0.4, -0.2) is 35.4 Å². The summed E-state index contributed by atoms with van der Waals surface area (Å²) >= 11 is 0. The average Bonchev–Trinajstić information content (AvgIpc) is 2.87. The highest BCUT2D eigenvalue weighted by Crippen LogP contribution is 2.07. The van der Waals surface area contributed by atoms with Gasteiger partial charge in [-0.05, 0) is 20.8 Å². The molecule has 0 amide bonds. The molecule has 0 saturated carbocycles. The standard InChI is InChI=1S/C14H21N3OSi/c1-14(2,3)18-12-19(11-17-10-15-9-16-17)13-7-5-4-6-8-13/h4-10,19H,11-12H2,1-3H3. The minimum atomic E-state index is -1.25. The van der Waals surface area contributed by atoms with Crippen LogP contribution in [0, 0.1) is 0 Å². The number of hydrogen-bond donors (Lipinski definition) is 0. The molecule has 4 nitrogen and oxygen atoms in total. The number of rotatable bonds is 5. The van der Waals surface area contributed by atoms with Crippen molar-refractivity contribution in [1.82, 2.24) is 14.8 Å². The Bertz CT molecular complexity index is 479. The highest BCUT2D eigenvalue weighted by atomic mass is 28.3. The largest absolute Gasteiger partial charge is 0.379 e. The SMILES string of the molecule is CC(C)(C)OC[SiH](Cn1cncn1)c1ccccc1. The van der Waals surface area contributed by atoms with Gasteiger partial charge in [-0.1, -0.05) is 35.5 Å². The van der Waals surface area contributed by atoms with Crippen LogP contribution in [0.3, 0.4) is 0 Å². The average molecular weight is 275 g/mol. The first-order chi connectivity index (χ1) is 9.04. The first-order valence-electron chi connectivity index (χ1n) is 6.56. The van der Waals surface area contributed by atoms with Crippen molar-refractivity contribution in [3.05, 3.63) is 43.0 Å². The summed E-state index contributed by atoms with van der Waals surface area (Å²) in [6, 6.07) is 10.6. The maximum Gasteiger partial charge on any atom is 0.137 e. The molecular formula is C14H21N3OSi. The van der Waals surface area contributed by atoms with Gasteiger partial charge in [-0.25, -0.2) is 4.98 Å². The summed E-state index contributed by atoms with van der Waals surface area (Å²) in [4.78, 5) is 4.01. The number of ether oxygens (including phenoxy) is 1. The Morgan fingerprint density at radius 3 is 2.53 bits per heavy atom. The monoisotopic (exact) mass is 275 g/mol. The second-order valence-electron chi connectivity index (χ2n) is 5.65. The van der Waals surface area contributed by atoms with Gasteiger partial charge in [0.25, 0.3) is 0 Å². The van der Waals surface area contributed by atoms with E-state index in [1.807, 2.05) is 4.68 Å². The zero-order valence-corrected chi connectivity index (χ0v) is 12.9. The van der Waals surface area contributed by atoms with Gasteiger partial charge in [0.2, 0.25) is 0 Å². The molecule has 2 rings (SSSR count). The van der Waals surface area contributed by atoms with Crippen molar-refractivity contribution in [3.63, 3.8) is 0 Å². The highest BCUT2D eigenvalue weighted by molar-refractivity contribution is 6.72. The number of aromatic nitrogens is 3. The molecular weight excluding hydrogens is 254 g/mol. The number of hydrogen-bond acceptors (Lipinski definition) is 3. The Morgan fingerprint density at radius 1 is 1.21 bits per heavy atom. The lowest BCUT2D eigenvalue weighted by Gasteiger charge is -2.24. The van der Waals surface area contributed by atoms with E-state index in [0.29, 0.717) is 0 Å². The summed E-state index contributed by atoms with van der Waals surface area (Å²) < 4.78 is 7.91. The van der Waals surface area contributed by atoms with Crippen LogP contribution in [0.2, 0.25) is 0 Å². The molecule has 0 N–H and O–H groups in total. The van der Waals surface area contributed by atoms with E-state index in [9.17, 15) is 0 Å². The van der Waals surface area contributed by atoms with Crippen LogP contribution in [0.5, 0.6) is 0 Å². The lowest BCUT2D eigenvalue weighted by Crippen LogP contribution is -2.42. The van der Waals surface area contributed by atoms with Crippen molar-refractivity contribution in [2.75, 3.05) is 6.23 Å². The third-order valence-corrected chi connectivity index (χ3v) is 5.57. The fraction of sp³-hybridized carbons (Fsp3) is 0.429. The summed E-state index contributed by atoms with van der Waals surface area (Å²) in [6.45, 7) is 6.29. The molecule has 0 aliphatic carbocycles. The van der Waals surface area contributed by atoms with Gasteiger partial charge in [-0.3, -0.25) is 4.68 Å². The zero-order chi connectivity index (χ0) is 13.7. The third-order valence-electron chi connectivity index (χ3n) is 2.86. The molecule has 0 spiro atoms. The van der Waals surface area contributed by atoms with Crippen LogP contribution in [-0.2, 0) is 10.9 Å². The Hall–Kier alpha value is -1.46. The van der Waals surface area contributed by atoms with E-state index in [1.54, 1.807) is 12.7 Å². The van der Waals surface area contributed by atoms with E-state index in [4.69, 9.17) is 4.74 Å². The van der Waals surface area contributed by atoms with E-state index < -0.39 is 8.80 Å². The summed E-state index contributed by atoms with van der Waals surface area (Å²) in [5.41, 5.74) is -0.0948. The van der Waals surface area contributed by atoms with Gasteiger partial charge in [-0.2, -0.15) is 5.10 Å². The normalized spacial score (nSPS) is 13.4. The van der Waals surface area contributed by atoms with Crippen molar-refractivity contribution < 1.29 is 4.74 Å². The summed E-state index contributed by atoms with van der Waals surface area (Å²) in [5.74, 6) is 0. The van der Waals surface area contributed by atoms with Gasteiger partial charge in [0.1, 0.15) is 21.5 Å². The molecule has 0 fully saturated rings. The van der Waals surface area contributed by atoms with Gasteiger partial charge in [0.15, 0.2) is 0 Å². The van der Waals surface area contributed by atoms with Crippen molar-refractivity contribution in [2.24, 2.45) is 0 Å². The molecule has 0 aliphatic heterocycles. The van der Waals surface area contributed by atoms with E-state index in [2.05, 4.69) is 61.2 Å². The van der Waals surface area contributed by atoms with Crippen molar-refractivity contribution in [2.45, 2.75) is 32.5 Å². The van der Waals surface area contributed by atoms with Gasteiger partial charge < -0.3 is 4.74 Å². The van der Waals surface area contributed by atoms with E-state index in [0.717, 1.165) is 12.4 Å². The minimum absolute atomic E-state index is 0.0948. The van der Waals surface area contributed by atoms with Gasteiger partial charge >= 0.3 is 0 Å². The highest BCUT2D eigenvalue weighted by Gasteiger charge is 2.19. The molecule has 1 heterocycles. The first kappa shape index (κ1) is 14.0. The Morgan fingerprint density at radius 2 is 1.95 bits per heavy atom. The lowest BCUT2D eigenvalue weighted by molar-refractivity contribution is 0.0235. The maximum absolute atomic E-state index is 5.99. The third kappa shape index (κ3) is 4.61. The van der Waals surface area contributed by atoms with E-state index in [1.165, 1.54) is 5.19 Å². The predicted octanol–water partition coefficient (Wildman–Crippen LogP) is 1.31. The molecule has 0 radical (unpaired) electrons. The van der Waals surface area contributed by atoms with Crippen LogP contribution in [0.4, 0.5) is 0 Å². The Labute approximate surface area is 116 Å². The second kappa shape index (κ2) is 6.12. The molecule has 102 valence electrons. The summed E-state index contributed by atoms with van der Waals surface area (Å²) in [7, 11) is -1.25. The number of nitrogens with zero attached hydrogens (tertiary/aromatic N) is 3.